The third kappa shape index (κ3) is 3.89. The van der Waals surface area contributed by atoms with Crippen LogP contribution in [0.15, 0.2) is 24.3 Å². The average Bonchev–Trinajstić information content (AvgIpc) is 2.97. The van der Waals surface area contributed by atoms with Crippen molar-refractivity contribution in [2.75, 3.05) is 20.3 Å². The average molecular weight is 277 g/mol. The number of ether oxygens (including phenoxy) is 2. The second kappa shape index (κ2) is 7.53. The van der Waals surface area contributed by atoms with Crippen molar-refractivity contribution in [3.8, 4) is 11.5 Å². The lowest BCUT2D eigenvalue weighted by Gasteiger charge is -2.32. The lowest BCUT2D eigenvalue weighted by Crippen LogP contribution is -2.41. The smallest absolute Gasteiger partial charge is 0.161 e. The van der Waals surface area contributed by atoms with Crippen LogP contribution in [0.25, 0.3) is 0 Å². The highest BCUT2D eigenvalue weighted by Crippen LogP contribution is 2.27. The highest BCUT2D eigenvalue weighted by atomic mass is 16.5. The quantitative estimate of drug-likeness (QED) is 0.758. The third-order valence-corrected chi connectivity index (χ3v) is 4.13. The van der Waals surface area contributed by atoms with Gasteiger partial charge in [0, 0.05) is 18.6 Å². The highest BCUT2D eigenvalue weighted by molar-refractivity contribution is 5.39. The van der Waals surface area contributed by atoms with Crippen LogP contribution in [0, 0.1) is 0 Å². The summed E-state index contributed by atoms with van der Waals surface area (Å²) in [5, 5.41) is 0. The Morgan fingerprint density at radius 3 is 2.40 bits per heavy atom. The first-order chi connectivity index (χ1) is 9.72. The molecule has 0 aromatic heterocycles. The summed E-state index contributed by atoms with van der Waals surface area (Å²) in [6, 6.07) is 9.18. The van der Waals surface area contributed by atoms with E-state index in [1.165, 1.54) is 25.7 Å². The Kier molecular flexibility index (Phi) is 5.72. The molecule has 1 saturated carbocycles. The first-order valence-corrected chi connectivity index (χ1v) is 7.74. The van der Waals surface area contributed by atoms with Crippen LogP contribution >= 0.6 is 0 Å². The Labute approximate surface area is 122 Å². The van der Waals surface area contributed by atoms with E-state index in [2.05, 4.69) is 18.7 Å². The maximum atomic E-state index is 5.90. The predicted molar refractivity (Wildman–Crippen MR) is 82.6 cm³/mol. The Morgan fingerprint density at radius 2 is 1.80 bits per heavy atom. The van der Waals surface area contributed by atoms with Gasteiger partial charge in [0.2, 0.25) is 0 Å². The maximum absolute atomic E-state index is 5.90. The van der Waals surface area contributed by atoms with Crippen LogP contribution in [0.5, 0.6) is 11.5 Å². The van der Waals surface area contributed by atoms with Gasteiger partial charge in [-0.15, -0.1) is 0 Å². The van der Waals surface area contributed by atoms with Crippen LogP contribution in [-0.2, 0) is 0 Å². The molecule has 0 aliphatic heterocycles. The van der Waals surface area contributed by atoms with E-state index in [4.69, 9.17) is 9.47 Å². The van der Waals surface area contributed by atoms with Crippen molar-refractivity contribution in [3.05, 3.63) is 24.3 Å². The molecule has 0 atom stereocenters. The van der Waals surface area contributed by atoms with E-state index in [0.717, 1.165) is 30.7 Å². The molecule has 3 heteroatoms. The highest BCUT2D eigenvalue weighted by Gasteiger charge is 2.24. The molecule has 0 spiro atoms. The number of hydrogen-bond donors (Lipinski definition) is 0. The third-order valence-electron chi connectivity index (χ3n) is 4.13. The molecule has 112 valence electrons. The maximum Gasteiger partial charge on any atom is 0.161 e. The minimum atomic E-state index is 0.583. The molecule has 0 radical (unpaired) electrons. The van der Waals surface area contributed by atoms with Crippen LogP contribution in [0.1, 0.15) is 39.5 Å². The van der Waals surface area contributed by atoms with Crippen molar-refractivity contribution in [2.24, 2.45) is 0 Å². The van der Waals surface area contributed by atoms with Crippen LogP contribution in [0.4, 0.5) is 0 Å². The zero-order chi connectivity index (χ0) is 14.4. The number of rotatable bonds is 7. The van der Waals surface area contributed by atoms with Crippen molar-refractivity contribution in [3.63, 3.8) is 0 Å². The Balaban J connectivity index is 1.86. The molecule has 0 unspecified atom stereocenters. The van der Waals surface area contributed by atoms with E-state index < -0.39 is 0 Å². The van der Waals surface area contributed by atoms with Gasteiger partial charge in [0.05, 0.1) is 7.11 Å². The second-order valence-corrected chi connectivity index (χ2v) is 5.77. The van der Waals surface area contributed by atoms with E-state index in [1.807, 2.05) is 24.3 Å². The summed E-state index contributed by atoms with van der Waals surface area (Å²) in [6.07, 6.45) is 5.43. The fourth-order valence-corrected chi connectivity index (χ4v) is 3.10. The molecule has 1 aliphatic rings. The summed E-state index contributed by atoms with van der Waals surface area (Å²) in [7, 11) is 1.68. The van der Waals surface area contributed by atoms with Gasteiger partial charge in [-0.3, -0.25) is 4.90 Å². The Bertz CT molecular complexity index is 400. The molecule has 0 bridgehead atoms. The van der Waals surface area contributed by atoms with E-state index >= 15 is 0 Å². The second-order valence-electron chi connectivity index (χ2n) is 5.77. The SMILES string of the molecule is COc1ccccc1OCCN(C(C)C)C1CCCC1. The Morgan fingerprint density at radius 1 is 1.15 bits per heavy atom. The normalized spacial score (nSPS) is 16.1. The minimum absolute atomic E-state index is 0.583. The van der Waals surface area contributed by atoms with Crippen LogP contribution in [-0.4, -0.2) is 37.2 Å². The molecule has 1 aromatic carbocycles. The van der Waals surface area contributed by atoms with Gasteiger partial charge in [0.1, 0.15) is 6.61 Å². The van der Waals surface area contributed by atoms with E-state index in [1.54, 1.807) is 7.11 Å². The first-order valence-electron chi connectivity index (χ1n) is 7.74. The fraction of sp³-hybridized carbons (Fsp3) is 0.647. The number of methoxy groups -OCH3 is 1. The molecule has 0 N–H and O–H groups in total. The minimum Gasteiger partial charge on any atom is -0.493 e. The molecule has 3 nitrogen and oxygen atoms in total. The summed E-state index contributed by atoms with van der Waals surface area (Å²) >= 11 is 0. The van der Waals surface area contributed by atoms with Gasteiger partial charge in [-0.25, -0.2) is 0 Å². The first kappa shape index (κ1) is 15.2. The molecule has 0 heterocycles. The molecule has 20 heavy (non-hydrogen) atoms. The lowest BCUT2D eigenvalue weighted by molar-refractivity contribution is 0.125. The summed E-state index contributed by atoms with van der Waals surface area (Å²) in [5.41, 5.74) is 0. The number of hydrogen-bond acceptors (Lipinski definition) is 3. The number of para-hydroxylation sites is 2. The van der Waals surface area contributed by atoms with Gasteiger partial charge in [0.15, 0.2) is 11.5 Å². The van der Waals surface area contributed by atoms with Gasteiger partial charge in [0.25, 0.3) is 0 Å². The molecular formula is C17H27NO2. The van der Waals surface area contributed by atoms with E-state index in [0.29, 0.717) is 6.04 Å². The Hall–Kier alpha value is -1.22. The monoisotopic (exact) mass is 277 g/mol. The van der Waals surface area contributed by atoms with Gasteiger partial charge in [-0.05, 0) is 38.8 Å². The lowest BCUT2D eigenvalue weighted by atomic mass is 10.1. The standard InChI is InChI=1S/C17H27NO2/c1-14(2)18(15-8-4-5-9-15)12-13-20-17-11-7-6-10-16(17)19-3/h6-7,10-11,14-15H,4-5,8-9,12-13H2,1-3H3. The summed E-state index contributed by atoms with van der Waals surface area (Å²) in [4.78, 5) is 2.59. The van der Waals surface area contributed by atoms with Gasteiger partial charge in [-0.2, -0.15) is 0 Å². The van der Waals surface area contributed by atoms with Crippen molar-refractivity contribution in [1.82, 2.24) is 4.90 Å². The predicted octanol–water partition coefficient (Wildman–Crippen LogP) is 3.73. The van der Waals surface area contributed by atoms with Crippen molar-refractivity contribution < 1.29 is 9.47 Å². The number of benzene rings is 1. The zero-order valence-corrected chi connectivity index (χ0v) is 13.0. The number of nitrogens with zero attached hydrogens (tertiary/aromatic N) is 1. The van der Waals surface area contributed by atoms with Crippen LogP contribution in [0.3, 0.4) is 0 Å². The van der Waals surface area contributed by atoms with Gasteiger partial charge >= 0.3 is 0 Å². The molecule has 0 amide bonds. The molecule has 1 aliphatic carbocycles. The van der Waals surface area contributed by atoms with E-state index in [-0.39, 0.29) is 0 Å². The van der Waals surface area contributed by atoms with Crippen molar-refractivity contribution >= 4 is 0 Å². The topological polar surface area (TPSA) is 21.7 Å². The zero-order valence-electron chi connectivity index (χ0n) is 13.0. The molecule has 2 rings (SSSR count). The summed E-state index contributed by atoms with van der Waals surface area (Å²) in [5.74, 6) is 1.65. The van der Waals surface area contributed by atoms with Crippen molar-refractivity contribution in [1.29, 1.82) is 0 Å². The van der Waals surface area contributed by atoms with Gasteiger partial charge < -0.3 is 9.47 Å². The molecule has 0 saturated heterocycles. The van der Waals surface area contributed by atoms with Crippen LogP contribution < -0.4 is 9.47 Å². The summed E-state index contributed by atoms with van der Waals surface area (Å²) in [6.45, 7) is 6.26. The molecule has 1 fully saturated rings. The largest absolute Gasteiger partial charge is 0.493 e. The fourth-order valence-electron chi connectivity index (χ4n) is 3.10. The van der Waals surface area contributed by atoms with Crippen molar-refractivity contribution in [2.45, 2.75) is 51.6 Å². The molecular weight excluding hydrogens is 250 g/mol. The van der Waals surface area contributed by atoms with Crippen LogP contribution in [0.2, 0.25) is 0 Å². The summed E-state index contributed by atoms with van der Waals surface area (Å²) < 4.78 is 11.2. The molecule has 1 aromatic rings. The van der Waals surface area contributed by atoms with Gasteiger partial charge in [-0.1, -0.05) is 25.0 Å². The van der Waals surface area contributed by atoms with E-state index in [9.17, 15) is 0 Å².